The monoisotopic (exact) mass is 354 g/mol. The number of rotatable bonds is 8. The Bertz CT molecular complexity index is 457. The Balaban J connectivity index is 1.72. The summed E-state index contributed by atoms with van der Waals surface area (Å²) in [7, 11) is 0. The molecule has 130 valence electrons. The molecule has 1 fully saturated rings. The van der Waals surface area contributed by atoms with Gasteiger partial charge in [-0.2, -0.15) is 0 Å². The molecule has 0 saturated heterocycles. The summed E-state index contributed by atoms with van der Waals surface area (Å²) in [4.78, 5) is 1.99. The number of aromatic hydroxyl groups is 1. The number of aliphatic hydroxyl groups excluding tert-OH is 1. The van der Waals surface area contributed by atoms with Crippen LogP contribution in [-0.2, 0) is 6.42 Å². The van der Waals surface area contributed by atoms with Crippen LogP contribution >= 0.6 is 23.5 Å². The summed E-state index contributed by atoms with van der Waals surface area (Å²) in [6, 6.07) is 4.28. The van der Waals surface area contributed by atoms with Crippen molar-refractivity contribution in [1.82, 2.24) is 0 Å². The van der Waals surface area contributed by atoms with E-state index in [9.17, 15) is 10.2 Å². The zero-order valence-electron chi connectivity index (χ0n) is 14.4. The fourth-order valence-corrected chi connectivity index (χ4v) is 4.67. The van der Waals surface area contributed by atoms with Crippen LogP contribution in [0.1, 0.15) is 56.9 Å². The Morgan fingerprint density at radius 3 is 2.13 bits per heavy atom. The molecular weight excluding hydrogens is 324 g/mol. The first-order valence-corrected chi connectivity index (χ1v) is 11.2. The minimum atomic E-state index is -0.0305. The number of aliphatic hydroxyl groups is 1. The molecule has 1 aromatic rings. The van der Waals surface area contributed by atoms with Gasteiger partial charge in [0, 0.05) is 0 Å². The molecule has 4 heteroatoms. The molecular formula is C19H30O2S2. The first-order chi connectivity index (χ1) is 11.1. The van der Waals surface area contributed by atoms with Crippen molar-refractivity contribution in [2.45, 2.75) is 73.7 Å². The molecule has 0 aliphatic heterocycles. The number of aryl methyl sites for hydroxylation is 1. The summed E-state index contributed by atoms with van der Waals surface area (Å²) < 4.78 is 0. The van der Waals surface area contributed by atoms with Crippen LogP contribution in [0.3, 0.4) is 0 Å². The molecule has 23 heavy (non-hydrogen) atoms. The maximum absolute atomic E-state index is 10.1. The number of hydrogen-bond acceptors (Lipinski definition) is 4. The van der Waals surface area contributed by atoms with E-state index in [0.29, 0.717) is 5.75 Å². The summed E-state index contributed by atoms with van der Waals surface area (Å²) >= 11 is 3.24. The van der Waals surface area contributed by atoms with Crippen molar-refractivity contribution in [3.05, 3.63) is 17.7 Å². The predicted octanol–water partition coefficient (Wildman–Crippen LogP) is 5.49. The number of phenols is 1. The maximum atomic E-state index is 10.1. The average Bonchev–Trinajstić information content (AvgIpc) is 2.57. The molecule has 0 amide bonds. The van der Waals surface area contributed by atoms with Crippen molar-refractivity contribution >= 4 is 23.5 Å². The van der Waals surface area contributed by atoms with Crippen molar-refractivity contribution in [1.29, 1.82) is 0 Å². The lowest BCUT2D eigenvalue weighted by atomic mass is 9.84. The van der Waals surface area contributed by atoms with Crippen molar-refractivity contribution in [2.24, 2.45) is 5.92 Å². The van der Waals surface area contributed by atoms with Gasteiger partial charge < -0.3 is 10.2 Å². The third-order valence-electron chi connectivity index (χ3n) is 4.93. The van der Waals surface area contributed by atoms with E-state index in [1.165, 1.54) is 44.1 Å². The summed E-state index contributed by atoms with van der Waals surface area (Å²) in [5.41, 5.74) is 1.34. The largest absolute Gasteiger partial charge is 0.506 e. The predicted molar refractivity (Wildman–Crippen MR) is 102 cm³/mol. The highest BCUT2D eigenvalue weighted by atomic mass is 32.2. The van der Waals surface area contributed by atoms with Crippen LogP contribution in [0.25, 0.3) is 0 Å². The van der Waals surface area contributed by atoms with Gasteiger partial charge in [0.25, 0.3) is 0 Å². The number of benzene rings is 1. The molecule has 2 N–H and O–H groups in total. The Labute approximate surface area is 149 Å². The van der Waals surface area contributed by atoms with Gasteiger partial charge in [0.15, 0.2) is 0 Å². The summed E-state index contributed by atoms with van der Waals surface area (Å²) in [5.74, 6) is 1.28. The molecule has 1 saturated carbocycles. The summed E-state index contributed by atoms with van der Waals surface area (Å²) in [5, 5.41) is 19.7. The lowest BCUT2D eigenvalue weighted by molar-refractivity contribution is 0.106. The van der Waals surface area contributed by atoms with Crippen LogP contribution < -0.4 is 0 Å². The molecule has 1 aliphatic carbocycles. The van der Waals surface area contributed by atoms with E-state index in [1.807, 2.05) is 12.5 Å². The highest BCUT2D eigenvalue weighted by Gasteiger charge is 2.18. The standard InChI is InChI=1S/C19H30O2S2/c1-22-17-12-15(13-18(23-2)19(17)21)7-5-3-4-6-14-8-10-16(20)11-9-14/h12-14,16,20-21H,3-11H2,1-2H3/t14-,16+. The lowest BCUT2D eigenvalue weighted by Gasteiger charge is -2.25. The molecule has 1 aromatic carbocycles. The van der Waals surface area contributed by atoms with Crippen molar-refractivity contribution in [2.75, 3.05) is 12.5 Å². The fraction of sp³-hybridized carbons (Fsp3) is 0.684. The van der Waals surface area contributed by atoms with Gasteiger partial charge in [0.05, 0.1) is 15.9 Å². The number of thioether (sulfide) groups is 2. The first kappa shape index (κ1) is 19.0. The SMILES string of the molecule is CSc1cc(CCCCC[C@H]2CC[C@@H](O)CC2)cc(SC)c1O. The smallest absolute Gasteiger partial charge is 0.142 e. The molecule has 0 radical (unpaired) electrons. The molecule has 0 bridgehead atoms. The highest BCUT2D eigenvalue weighted by molar-refractivity contribution is 7.99. The van der Waals surface area contributed by atoms with Crippen LogP contribution in [0.2, 0.25) is 0 Å². The lowest BCUT2D eigenvalue weighted by Crippen LogP contribution is -2.17. The Kier molecular flexibility index (Phi) is 8.14. The number of unbranched alkanes of at least 4 members (excludes halogenated alkanes) is 2. The zero-order valence-corrected chi connectivity index (χ0v) is 16.0. The van der Waals surface area contributed by atoms with E-state index in [4.69, 9.17) is 0 Å². The van der Waals surface area contributed by atoms with Crippen molar-refractivity contribution in [3.63, 3.8) is 0 Å². The number of phenolic OH excluding ortho intramolecular Hbond substituents is 1. The normalized spacial score (nSPS) is 21.5. The Morgan fingerprint density at radius 2 is 1.57 bits per heavy atom. The highest BCUT2D eigenvalue weighted by Crippen LogP contribution is 2.37. The Hall–Kier alpha value is -0.320. The molecule has 0 unspecified atom stereocenters. The second-order valence-electron chi connectivity index (χ2n) is 6.62. The van der Waals surface area contributed by atoms with Gasteiger partial charge in [0.1, 0.15) is 5.75 Å². The average molecular weight is 355 g/mol. The molecule has 0 spiro atoms. The minimum Gasteiger partial charge on any atom is -0.506 e. The second-order valence-corrected chi connectivity index (χ2v) is 8.32. The summed E-state index contributed by atoms with van der Waals surface area (Å²) in [6.07, 6.45) is 14.7. The van der Waals surface area contributed by atoms with Gasteiger partial charge in [0.2, 0.25) is 0 Å². The molecule has 0 heterocycles. The maximum Gasteiger partial charge on any atom is 0.142 e. The molecule has 2 rings (SSSR count). The van der Waals surface area contributed by atoms with Crippen LogP contribution in [0.15, 0.2) is 21.9 Å². The van der Waals surface area contributed by atoms with E-state index in [2.05, 4.69) is 12.1 Å². The van der Waals surface area contributed by atoms with E-state index in [0.717, 1.165) is 35.0 Å². The van der Waals surface area contributed by atoms with Gasteiger partial charge in [-0.05, 0) is 74.7 Å². The minimum absolute atomic E-state index is 0.0305. The number of hydrogen-bond donors (Lipinski definition) is 2. The van der Waals surface area contributed by atoms with Gasteiger partial charge in [-0.25, -0.2) is 0 Å². The van der Waals surface area contributed by atoms with Gasteiger partial charge in [-0.15, -0.1) is 23.5 Å². The molecule has 1 aliphatic rings. The quantitative estimate of drug-likeness (QED) is 0.478. The van der Waals surface area contributed by atoms with Crippen LogP contribution in [0.4, 0.5) is 0 Å². The molecule has 0 aromatic heterocycles. The van der Waals surface area contributed by atoms with Crippen molar-refractivity contribution in [3.8, 4) is 5.75 Å². The van der Waals surface area contributed by atoms with Gasteiger partial charge >= 0.3 is 0 Å². The van der Waals surface area contributed by atoms with Crippen LogP contribution in [0.5, 0.6) is 5.75 Å². The first-order valence-electron chi connectivity index (χ1n) is 8.76. The van der Waals surface area contributed by atoms with E-state index in [-0.39, 0.29) is 6.10 Å². The Morgan fingerprint density at radius 1 is 0.957 bits per heavy atom. The summed E-state index contributed by atoms with van der Waals surface area (Å²) in [6.45, 7) is 0. The van der Waals surface area contributed by atoms with Crippen LogP contribution in [0, 0.1) is 5.92 Å². The van der Waals surface area contributed by atoms with E-state index >= 15 is 0 Å². The van der Waals surface area contributed by atoms with E-state index in [1.54, 1.807) is 23.5 Å². The van der Waals surface area contributed by atoms with E-state index < -0.39 is 0 Å². The van der Waals surface area contributed by atoms with Gasteiger partial charge in [-0.3, -0.25) is 0 Å². The second kappa shape index (κ2) is 9.85. The fourth-order valence-electron chi connectivity index (χ4n) is 3.46. The molecule has 0 atom stereocenters. The molecule has 2 nitrogen and oxygen atoms in total. The van der Waals surface area contributed by atoms with Crippen LogP contribution in [-0.4, -0.2) is 28.8 Å². The zero-order chi connectivity index (χ0) is 16.7. The topological polar surface area (TPSA) is 40.5 Å². The van der Waals surface area contributed by atoms with Crippen molar-refractivity contribution < 1.29 is 10.2 Å². The third-order valence-corrected chi connectivity index (χ3v) is 6.44. The van der Waals surface area contributed by atoms with Gasteiger partial charge in [-0.1, -0.05) is 19.3 Å². The third kappa shape index (κ3) is 5.91.